The molecule has 0 aliphatic carbocycles. The highest BCUT2D eigenvalue weighted by molar-refractivity contribution is 7.46. The van der Waals surface area contributed by atoms with Gasteiger partial charge in [-0.15, -0.1) is 0 Å². The monoisotopic (exact) mass is 710 g/mol. The highest BCUT2D eigenvalue weighted by Crippen LogP contribution is 2.36. The average Bonchev–Trinajstić information content (AvgIpc) is 3.06. The summed E-state index contributed by atoms with van der Waals surface area (Å²) in [5.41, 5.74) is 0. The van der Waals surface area contributed by atoms with Gasteiger partial charge in [-0.1, -0.05) is 126 Å². The van der Waals surface area contributed by atoms with Gasteiger partial charge in [0.1, 0.15) is 6.61 Å². The standard InChI is InChI=1S/C39H67O9P/c1-3-5-7-9-11-12-13-14-15-16-21-25-29-33-39(42)48-37(35-47-49(43,44)45)34-46-38(41)32-28-24-20-18-17-19-23-27-31-36(40)30-26-22-10-8-6-4-2/h12-13,18-20,22-23,26-27,31,36-37,40H,3-11,14-17,21,24-25,28-30,32-35H2,1-2H3,(H2,43,44,45)/b13-12-,20-18-,23-19-,26-22-,31-27+/t36-,37-/m1/s1. The largest absolute Gasteiger partial charge is 0.469 e. The van der Waals surface area contributed by atoms with Gasteiger partial charge in [-0.3, -0.25) is 14.1 Å². The molecule has 0 aliphatic heterocycles. The Labute approximate surface area is 297 Å². The summed E-state index contributed by atoms with van der Waals surface area (Å²) in [6.07, 6.45) is 38.3. The van der Waals surface area contributed by atoms with Crippen molar-refractivity contribution in [3.8, 4) is 0 Å². The first kappa shape index (κ1) is 46.7. The van der Waals surface area contributed by atoms with E-state index in [4.69, 9.17) is 19.3 Å². The predicted octanol–water partition coefficient (Wildman–Crippen LogP) is 9.92. The SMILES string of the molecule is CCCCC/C=C\C[C@@H](O)/C=C/C=C\C/C=C\CCCC(=O)OC[C@H](COP(=O)(O)O)OC(=O)CCCCCCC/C=C\CCCCCC. The Hall–Kier alpha value is -2.29. The van der Waals surface area contributed by atoms with Crippen LogP contribution in [-0.4, -0.2) is 52.3 Å². The molecule has 282 valence electrons. The third-order valence-electron chi connectivity index (χ3n) is 7.59. The van der Waals surface area contributed by atoms with E-state index >= 15 is 0 Å². The molecule has 0 spiro atoms. The summed E-state index contributed by atoms with van der Waals surface area (Å²) in [7, 11) is -4.78. The van der Waals surface area contributed by atoms with Crippen LogP contribution in [0.15, 0.2) is 60.8 Å². The van der Waals surface area contributed by atoms with Gasteiger partial charge in [0.2, 0.25) is 0 Å². The van der Waals surface area contributed by atoms with Crippen LogP contribution in [0.25, 0.3) is 0 Å². The number of unbranched alkanes of at least 4 members (excludes halogenated alkanes) is 13. The number of phosphoric acid groups is 1. The highest BCUT2D eigenvalue weighted by Gasteiger charge is 2.22. The molecule has 0 aromatic rings. The Kier molecular flexibility index (Phi) is 32.6. The molecular formula is C39H67O9P. The van der Waals surface area contributed by atoms with E-state index in [1.165, 1.54) is 44.9 Å². The molecule has 0 rings (SSSR count). The molecule has 0 heterocycles. The van der Waals surface area contributed by atoms with E-state index in [2.05, 4.69) is 36.6 Å². The quantitative estimate of drug-likeness (QED) is 0.0200. The molecule has 0 saturated carbocycles. The lowest BCUT2D eigenvalue weighted by Gasteiger charge is -2.18. The van der Waals surface area contributed by atoms with Crippen molar-refractivity contribution < 1.29 is 43.0 Å². The predicted molar refractivity (Wildman–Crippen MR) is 199 cm³/mol. The Morgan fingerprint density at radius 1 is 0.633 bits per heavy atom. The second-order valence-corrected chi connectivity index (χ2v) is 13.6. The number of rotatable bonds is 33. The first-order valence-corrected chi connectivity index (χ1v) is 20.2. The Bertz CT molecular complexity index is 996. The molecule has 0 fully saturated rings. The number of phosphoric ester groups is 1. The molecule has 0 aromatic heterocycles. The second kappa shape index (κ2) is 34.2. The lowest BCUT2D eigenvalue weighted by molar-refractivity contribution is -0.161. The topological polar surface area (TPSA) is 140 Å². The van der Waals surface area contributed by atoms with Crippen LogP contribution < -0.4 is 0 Å². The van der Waals surface area contributed by atoms with Gasteiger partial charge in [0.15, 0.2) is 6.10 Å². The first-order chi connectivity index (χ1) is 23.7. The Balaban J connectivity index is 4.17. The van der Waals surface area contributed by atoms with E-state index in [1.54, 1.807) is 6.08 Å². The molecule has 0 bridgehead atoms. The van der Waals surface area contributed by atoms with Crippen LogP contribution in [0.2, 0.25) is 0 Å². The number of ether oxygens (including phenoxy) is 2. The van der Waals surface area contributed by atoms with Gasteiger partial charge >= 0.3 is 19.8 Å². The molecule has 3 N–H and O–H groups in total. The summed E-state index contributed by atoms with van der Waals surface area (Å²) in [6.45, 7) is 3.49. The molecular weight excluding hydrogens is 643 g/mol. The number of esters is 2. The van der Waals surface area contributed by atoms with Crippen LogP contribution >= 0.6 is 7.82 Å². The van der Waals surface area contributed by atoms with Crippen molar-refractivity contribution in [2.45, 2.75) is 161 Å². The molecule has 10 heteroatoms. The fourth-order valence-electron chi connectivity index (χ4n) is 4.74. The third kappa shape index (κ3) is 36.8. The fourth-order valence-corrected chi connectivity index (χ4v) is 5.10. The number of aliphatic hydroxyl groups is 1. The van der Waals surface area contributed by atoms with Gasteiger partial charge < -0.3 is 24.4 Å². The van der Waals surface area contributed by atoms with E-state index in [1.807, 2.05) is 36.5 Å². The van der Waals surface area contributed by atoms with Gasteiger partial charge in [0, 0.05) is 12.8 Å². The molecule has 0 unspecified atom stereocenters. The van der Waals surface area contributed by atoms with E-state index in [0.29, 0.717) is 25.7 Å². The molecule has 9 nitrogen and oxygen atoms in total. The maximum atomic E-state index is 12.3. The van der Waals surface area contributed by atoms with Crippen molar-refractivity contribution in [2.24, 2.45) is 0 Å². The van der Waals surface area contributed by atoms with Crippen LogP contribution in [0, 0.1) is 0 Å². The zero-order chi connectivity index (χ0) is 36.3. The fraction of sp³-hybridized carbons (Fsp3) is 0.692. The van der Waals surface area contributed by atoms with Crippen molar-refractivity contribution in [1.29, 1.82) is 0 Å². The van der Waals surface area contributed by atoms with Crippen molar-refractivity contribution >= 4 is 19.8 Å². The average molecular weight is 711 g/mol. The van der Waals surface area contributed by atoms with Gasteiger partial charge in [0.05, 0.1) is 12.7 Å². The lowest BCUT2D eigenvalue weighted by atomic mass is 10.1. The van der Waals surface area contributed by atoms with Crippen LogP contribution in [0.3, 0.4) is 0 Å². The summed E-state index contributed by atoms with van der Waals surface area (Å²) >= 11 is 0. The first-order valence-electron chi connectivity index (χ1n) is 18.7. The molecule has 0 aromatic carbocycles. The summed E-state index contributed by atoms with van der Waals surface area (Å²) in [5, 5.41) is 9.98. The summed E-state index contributed by atoms with van der Waals surface area (Å²) < 4.78 is 26.2. The Morgan fingerprint density at radius 3 is 1.88 bits per heavy atom. The molecule has 0 saturated heterocycles. The maximum Gasteiger partial charge on any atom is 0.469 e. The number of carbonyl (C=O) groups excluding carboxylic acids is 2. The van der Waals surface area contributed by atoms with E-state index in [0.717, 1.165) is 51.4 Å². The molecule has 49 heavy (non-hydrogen) atoms. The summed E-state index contributed by atoms with van der Waals surface area (Å²) in [6, 6.07) is 0. The third-order valence-corrected chi connectivity index (χ3v) is 8.07. The van der Waals surface area contributed by atoms with Crippen molar-refractivity contribution in [2.75, 3.05) is 13.2 Å². The van der Waals surface area contributed by atoms with Crippen LogP contribution in [0.1, 0.15) is 149 Å². The normalized spacial score (nSPS) is 13.8. The second-order valence-electron chi connectivity index (χ2n) is 12.4. The minimum Gasteiger partial charge on any atom is -0.462 e. The summed E-state index contributed by atoms with van der Waals surface area (Å²) in [5.74, 6) is -1.01. The Morgan fingerprint density at radius 2 is 1.18 bits per heavy atom. The number of hydrogen-bond donors (Lipinski definition) is 3. The minimum atomic E-state index is -4.78. The molecule has 0 amide bonds. The van der Waals surface area contributed by atoms with Crippen LogP contribution in [0.5, 0.6) is 0 Å². The molecule has 0 radical (unpaired) electrons. The lowest BCUT2D eigenvalue weighted by Crippen LogP contribution is -2.29. The number of carbonyl (C=O) groups is 2. The van der Waals surface area contributed by atoms with Gasteiger partial charge in [-0.05, 0) is 70.6 Å². The van der Waals surface area contributed by atoms with E-state index in [-0.39, 0.29) is 19.4 Å². The number of aliphatic hydroxyl groups excluding tert-OH is 1. The number of allylic oxidation sites excluding steroid dienone is 8. The molecule has 2 atom stereocenters. The zero-order valence-electron chi connectivity index (χ0n) is 30.4. The van der Waals surface area contributed by atoms with Gasteiger partial charge in [-0.25, -0.2) is 4.57 Å². The van der Waals surface area contributed by atoms with Crippen LogP contribution in [-0.2, 0) is 28.2 Å². The summed E-state index contributed by atoms with van der Waals surface area (Å²) in [4.78, 5) is 42.6. The highest BCUT2D eigenvalue weighted by atomic mass is 31.2. The van der Waals surface area contributed by atoms with Gasteiger partial charge in [-0.2, -0.15) is 0 Å². The van der Waals surface area contributed by atoms with Crippen molar-refractivity contribution in [3.05, 3.63) is 60.8 Å². The minimum absolute atomic E-state index is 0.155. The van der Waals surface area contributed by atoms with Crippen LogP contribution in [0.4, 0.5) is 0 Å². The molecule has 0 aliphatic rings. The zero-order valence-corrected chi connectivity index (χ0v) is 31.3. The number of hydrogen-bond acceptors (Lipinski definition) is 7. The van der Waals surface area contributed by atoms with E-state index < -0.39 is 38.6 Å². The smallest absolute Gasteiger partial charge is 0.462 e. The van der Waals surface area contributed by atoms with Crippen molar-refractivity contribution in [1.82, 2.24) is 0 Å². The van der Waals surface area contributed by atoms with Crippen molar-refractivity contribution in [3.63, 3.8) is 0 Å². The maximum absolute atomic E-state index is 12.3. The van der Waals surface area contributed by atoms with Gasteiger partial charge in [0.25, 0.3) is 0 Å². The van der Waals surface area contributed by atoms with E-state index in [9.17, 15) is 19.3 Å².